The molecule has 1 fully saturated rings. The van der Waals surface area contributed by atoms with Crippen LogP contribution in [0.3, 0.4) is 0 Å². The van der Waals surface area contributed by atoms with E-state index >= 15 is 0 Å². The van der Waals surface area contributed by atoms with Gasteiger partial charge in [0.05, 0.1) is 10.8 Å². The molecule has 2 rings (SSSR count). The molecule has 0 aromatic carbocycles. The molecule has 1 aromatic heterocycles. The van der Waals surface area contributed by atoms with Gasteiger partial charge in [-0.25, -0.2) is 16.8 Å². The molecule has 1 aliphatic rings. The van der Waals surface area contributed by atoms with Crippen LogP contribution < -0.4 is 0 Å². The van der Waals surface area contributed by atoms with Gasteiger partial charge in [0.1, 0.15) is 5.37 Å². The van der Waals surface area contributed by atoms with Gasteiger partial charge in [-0.1, -0.05) is 0 Å². The van der Waals surface area contributed by atoms with E-state index in [1.54, 1.807) is 0 Å². The highest BCUT2D eigenvalue weighted by molar-refractivity contribution is 8.01. The number of thioether (sulfide) groups is 1. The minimum Gasteiger partial charge on any atom is -0.363 e. The Bertz CT molecular complexity index is 683. The third kappa shape index (κ3) is 3.16. The number of nitrogens with zero attached hydrogens (tertiary/aromatic N) is 1. The molecule has 2 heterocycles. The highest BCUT2D eigenvalue weighted by atomic mass is 35.5. The summed E-state index contributed by atoms with van der Waals surface area (Å²) in [7, 11) is -7.31. The molecule has 10 heteroatoms. The molecule has 0 saturated carbocycles. The summed E-state index contributed by atoms with van der Waals surface area (Å²) in [6.07, 6.45) is 2.40. The number of hydrogen-bond donors (Lipinski definition) is 1. The Morgan fingerprint density at radius 1 is 1.45 bits per heavy atom. The highest BCUT2D eigenvalue weighted by Crippen LogP contribution is 2.27. The number of aromatic nitrogens is 1. The molecule has 6 nitrogen and oxygen atoms in total. The van der Waals surface area contributed by atoms with Crippen LogP contribution in [0.1, 0.15) is 5.69 Å². The van der Waals surface area contributed by atoms with Crippen molar-refractivity contribution in [2.24, 2.45) is 0 Å². The van der Waals surface area contributed by atoms with Crippen LogP contribution >= 0.6 is 23.4 Å². The van der Waals surface area contributed by atoms with Crippen molar-refractivity contribution < 1.29 is 16.8 Å². The van der Waals surface area contributed by atoms with Gasteiger partial charge in [0.2, 0.25) is 10.0 Å². The van der Waals surface area contributed by atoms with Crippen LogP contribution in [0.15, 0.2) is 17.2 Å². The van der Waals surface area contributed by atoms with E-state index in [0.717, 1.165) is 10.6 Å². The molecule has 0 spiro atoms. The first-order chi connectivity index (χ1) is 9.26. The first-order valence-electron chi connectivity index (χ1n) is 5.78. The van der Waals surface area contributed by atoms with E-state index in [1.165, 1.54) is 24.0 Å². The number of H-pyrrole nitrogens is 1. The predicted molar refractivity (Wildman–Crippen MR) is 80.2 cm³/mol. The summed E-state index contributed by atoms with van der Waals surface area (Å²) < 4.78 is 49.8. The largest absolute Gasteiger partial charge is 0.363 e. The van der Waals surface area contributed by atoms with Gasteiger partial charge >= 0.3 is 0 Å². The van der Waals surface area contributed by atoms with Gasteiger partial charge in [0.25, 0.3) is 0 Å². The number of alkyl halides is 1. The maximum atomic E-state index is 12.6. The quantitative estimate of drug-likeness (QED) is 0.807. The normalized spacial score (nSPS) is 22.0. The van der Waals surface area contributed by atoms with Crippen molar-refractivity contribution in [3.8, 4) is 0 Å². The predicted octanol–water partition coefficient (Wildman–Crippen LogP) is 0.862. The average molecular weight is 359 g/mol. The van der Waals surface area contributed by atoms with Crippen LogP contribution in [0.2, 0.25) is 0 Å². The second-order valence-electron chi connectivity index (χ2n) is 4.47. The summed E-state index contributed by atoms with van der Waals surface area (Å²) in [5, 5.41) is -1.01. The zero-order valence-corrected chi connectivity index (χ0v) is 13.9. The summed E-state index contributed by atoms with van der Waals surface area (Å²) in [6, 6.07) is 1.43. The van der Waals surface area contributed by atoms with E-state index in [0.29, 0.717) is 11.4 Å². The Balaban J connectivity index is 2.40. The van der Waals surface area contributed by atoms with Gasteiger partial charge in [0.15, 0.2) is 9.84 Å². The summed E-state index contributed by atoms with van der Waals surface area (Å²) in [5.41, 5.74) is 0.576. The Labute approximate surface area is 127 Å². The van der Waals surface area contributed by atoms with Crippen molar-refractivity contribution in [1.29, 1.82) is 0 Å². The molecule has 1 unspecified atom stereocenters. The third-order valence-corrected chi connectivity index (χ3v) is 7.95. The molecule has 0 radical (unpaired) electrons. The maximum absolute atomic E-state index is 12.6. The van der Waals surface area contributed by atoms with Gasteiger partial charge in [0, 0.05) is 36.2 Å². The molecular weight excluding hydrogens is 344 g/mol. The molecule has 0 amide bonds. The number of sulfone groups is 1. The monoisotopic (exact) mass is 358 g/mol. The first-order valence-corrected chi connectivity index (χ1v) is 10.9. The number of hydrogen-bond acceptors (Lipinski definition) is 5. The van der Waals surface area contributed by atoms with E-state index in [9.17, 15) is 16.8 Å². The Kier molecular flexibility index (Phi) is 4.75. The minimum atomic E-state index is -3.83. The van der Waals surface area contributed by atoms with Gasteiger partial charge in [-0.3, -0.25) is 0 Å². The number of nitrogens with one attached hydrogen (secondary N) is 1. The molecular formula is C10H15ClN2O4S3. The van der Waals surface area contributed by atoms with Crippen molar-refractivity contribution in [1.82, 2.24) is 9.29 Å². The summed E-state index contributed by atoms with van der Waals surface area (Å²) >= 11 is 7.08. The Morgan fingerprint density at radius 3 is 2.70 bits per heavy atom. The fourth-order valence-corrected chi connectivity index (χ4v) is 7.30. The topological polar surface area (TPSA) is 87.3 Å². The summed E-state index contributed by atoms with van der Waals surface area (Å²) in [5.74, 6) is 1.00. The van der Waals surface area contributed by atoms with Crippen LogP contribution in [0.5, 0.6) is 0 Å². The van der Waals surface area contributed by atoms with Gasteiger partial charge in [-0.15, -0.1) is 11.6 Å². The van der Waals surface area contributed by atoms with Gasteiger partial charge < -0.3 is 4.98 Å². The lowest BCUT2D eigenvalue weighted by atomic mass is 10.5. The fourth-order valence-electron chi connectivity index (χ4n) is 1.96. The second-order valence-corrected chi connectivity index (χ2v) is 9.98. The smallest absolute Gasteiger partial charge is 0.245 e. The maximum Gasteiger partial charge on any atom is 0.245 e. The first kappa shape index (κ1) is 16.2. The lowest BCUT2D eigenvalue weighted by Gasteiger charge is -2.32. The Hall–Kier alpha value is -0.220. The van der Waals surface area contributed by atoms with Crippen LogP contribution in [0.25, 0.3) is 0 Å². The molecule has 1 atom stereocenters. The zero-order chi connectivity index (χ0) is 15.0. The molecule has 1 N–H and O–H groups in total. The van der Waals surface area contributed by atoms with E-state index < -0.39 is 25.2 Å². The summed E-state index contributed by atoms with van der Waals surface area (Å²) in [6.45, 7) is 0.187. The van der Waals surface area contributed by atoms with Crippen molar-refractivity contribution in [2.45, 2.75) is 16.1 Å². The lowest BCUT2D eigenvalue weighted by molar-refractivity contribution is 0.405. The van der Waals surface area contributed by atoms with Gasteiger partial charge in [-0.2, -0.15) is 16.1 Å². The van der Waals surface area contributed by atoms with Crippen LogP contribution in [0.4, 0.5) is 0 Å². The van der Waals surface area contributed by atoms with E-state index in [4.69, 9.17) is 11.6 Å². The number of aromatic amines is 1. The van der Waals surface area contributed by atoms with Crippen molar-refractivity contribution in [3.05, 3.63) is 18.0 Å². The molecule has 1 aliphatic heterocycles. The van der Waals surface area contributed by atoms with Crippen LogP contribution in [0, 0.1) is 0 Å². The van der Waals surface area contributed by atoms with E-state index in [1.807, 2.05) is 0 Å². The molecule has 1 saturated heterocycles. The van der Waals surface area contributed by atoms with Gasteiger partial charge in [-0.05, 0) is 6.07 Å². The molecule has 20 heavy (non-hydrogen) atoms. The molecule has 0 aliphatic carbocycles. The SMILES string of the molecule is CS(=O)(=O)C1CSCCN1S(=O)(=O)c1c[nH]c(CCl)c1. The second kappa shape index (κ2) is 5.88. The summed E-state index contributed by atoms with van der Waals surface area (Å²) in [4.78, 5) is 2.81. The Morgan fingerprint density at radius 2 is 2.15 bits per heavy atom. The zero-order valence-electron chi connectivity index (χ0n) is 10.7. The van der Waals surface area contributed by atoms with E-state index in [-0.39, 0.29) is 23.1 Å². The van der Waals surface area contributed by atoms with Crippen LogP contribution in [-0.4, -0.2) is 55.8 Å². The number of rotatable bonds is 4. The third-order valence-electron chi connectivity index (χ3n) is 3.00. The standard InChI is InChI=1S/C10H15ClN2O4S3/c1-19(14,15)10-7-18-3-2-13(10)20(16,17)9-4-8(5-11)12-6-9/h4,6,10,12H,2-3,5,7H2,1H3. The average Bonchev–Trinajstić information content (AvgIpc) is 2.87. The van der Waals surface area contributed by atoms with Crippen molar-refractivity contribution >= 4 is 43.2 Å². The highest BCUT2D eigenvalue weighted by Gasteiger charge is 2.39. The van der Waals surface area contributed by atoms with Crippen molar-refractivity contribution in [3.63, 3.8) is 0 Å². The minimum absolute atomic E-state index is 0.0497. The molecule has 0 bridgehead atoms. The van der Waals surface area contributed by atoms with E-state index in [2.05, 4.69) is 4.98 Å². The molecule has 1 aromatic rings. The number of halogens is 1. The van der Waals surface area contributed by atoms with Crippen LogP contribution in [-0.2, 0) is 25.7 Å². The molecule has 114 valence electrons. The van der Waals surface area contributed by atoms with Crippen molar-refractivity contribution in [2.75, 3.05) is 24.3 Å². The fraction of sp³-hybridized carbons (Fsp3) is 0.600. The number of sulfonamides is 1. The lowest BCUT2D eigenvalue weighted by Crippen LogP contribution is -2.49.